The Bertz CT molecular complexity index is 471. The Kier molecular flexibility index (Phi) is 2.99. The first kappa shape index (κ1) is 11.5. The maximum atomic E-state index is 5.74. The molecule has 0 radical (unpaired) electrons. The van der Waals surface area contributed by atoms with Crippen LogP contribution in [0.5, 0.6) is 0 Å². The highest BCUT2D eigenvalue weighted by Crippen LogP contribution is 2.08. The lowest BCUT2D eigenvalue weighted by Crippen LogP contribution is -2.17. The van der Waals surface area contributed by atoms with Gasteiger partial charge in [-0.25, -0.2) is 9.36 Å². The van der Waals surface area contributed by atoms with Crippen molar-refractivity contribution in [3.63, 3.8) is 0 Å². The van der Waals surface area contributed by atoms with E-state index in [9.17, 15) is 0 Å². The molecular formula is C8H13ClN6. The van der Waals surface area contributed by atoms with Gasteiger partial charge in [0.15, 0.2) is 5.82 Å². The molecule has 2 N–H and O–H groups in total. The van der Waals surface area contributed by atoms with E-state index in [0.29, 0.717) is 11.8 Å². The highest BCUT2D eigenvalue weighted by atomic mass is 35.5. The molecule has 0 fully saturated rings. The second kappa shape index (κ2) is 3.90. The van der Waals surface area contributed by atoms with Gasteiger partial charge >= 0.3 is 0 Å². The number of nitrogens with zero attached hydrogens (tertiary/aromatic N) is 5. The van der Waals surface area contributed by atoms with E-state index in [1.807, 2.05) is 19.9 Å². The number of hydrogen-bond donors (Lipinski definition) is 1. The SMILES string of the molecule is Cc1cc(C)n(-c2nnc(C)n2N)n1.Cl. The summed E-state index contributed by atoms with van der Waals surface area (Å²) in [6.45, 7) is 5.67. The first-order chi connectivity index (χ1) is 6.59. The third-order valence-electron chi connectivity index (χ3n) is 2.05. The molecule has 2 aromatic heterocycles. The molecule has 0 aromatic carbocycles. The summed E-state index contributed by atoms with van der Waals surface area (Å²) >= 11 is 0. The quantitative estimate of drug-likeness (QED) is 0.723. The molecule has 0 aliphatic rings. The molecule has 82 valence electrons. The average Bonchev–Trinajstić information content (AvgIpc) is 2.59. The van der Waals surface area contributed by atoms with Gasteiger partial charge in [-0.15, -0.1) is 22.6 Å². The summed E-state index contributed by atoms with van der Waals surface area (Å²) in [5, 5.41) is 12.1. The minimum Gasteiger partial charge on any atom is -0.335 e. The van der Waals surface area contributed by atoms with Crippen LogP contribution in [-0.2, 0) is 0 Å². The van der Waals surface area contributed by atoms with Crippen molar-refractivity contribution < 1.29 is 0 Å². The van der Waals surface area contributed by atoms with Crippen molar-refractivity contribution in [1.82, 2.24) is 24.7 Å². The van der Waals surface area contributed by atoms with Crippen molar-refractivity contribution >= 4 is 12.4 Å². The van der Waals surface area contributed by atoms with Crippen LogP contribution in [0.25, 0.3) is 5.95 Å². The van der Waals surface area contributed by atoms with Crippen LogP contribution in [0.2, 0.25) is 0 Å². The average molecular weight is 229 g/mol. The third kappa shape index (κ3) is 1.80. The molecule has 0 atom stereocenters. The molecule has 0 aliphatic heterocycles. The molecule has 0 saturated heterocycles. The lowest BCUT2D eigenvalue weighted by atomic mass is 10.4. The van der Waals surface area contributed by atoms with Gasteiger partial charge < -0.3 is 5.84 Å². The fraction of sp³-hybridized carbons (Fsp3) is 0.375. The van der Waals surface area contributed by atoms with Gasteiger partial charge in [-0.1, -0.05) is 0 Å². The summed E-state index contributed by atoms with van der Waals surface area (Å²) in [5.74, 6) is 6.94. The molecule has 2 heterocycles. The highest BCUT2D eigenvalue weighted by Gasteiger charge is 2.11. The number of rotatable bonds is 1. The summed E-state index contributed by atoms with van der Waals surface area (Å²) in [4.78, 5) is 0. The van der Waals surface area contributed by atoms with Crippen LogP contribution in [0.1, 0.15) is 17.2 Å². The summed E-state index contributed by atoms with van der Waals surface area (Å²) in [7, 11) is 0. The first-order valence-corrected chi connectivity index (χ1v) is 4.30. The first-order valence-electron chi connectivity index (χ1n) is 4.30. The molecule has 0 spiro atoms. The van der Waals surface area contributed by atoms with E-state index in [2.05, 4.69) is 15.3 Å². The Hall–Kier alpha value is -1.56. The van der Waals surface area contributed by atoms with E-state index < -0.39 is 0 Å². The Morgan fingerprint density at radius 2 is 1.87 bits per heavy atom. The van der Waals surface area contributed by atoms with Crippen LogP contribution < -0.4 is 5.84 Å². The molecule has 6 nitrogen and oxygen atoms in total. The smallest absolute Gasteiger partial charge is 0.270 e. The molecular weight excluding hydrogens is 216 g/mol. The van der Waals surface area contributed by atoms with Gasteiger partial charge in [-0.05, 0) is 26.8 Å². The standard InChI is InChI=1S/C8H12N6.ClH/c1-5-4-6(2)14(12-5)8-11-10-7(3)13(8)9;/h4H,9H2,1-3H3;1H. The number of aryl methyl sites for hydroxylation is 3. The zero-order valence-electron chi connectivity index (χ0n) is 8.80. The van der Waals surface area contributed by atoms with Crippen LogP contribution in [0, 0.1) is 20.8 Å². The van der Waals surface area contributed by atoms with Crippen LogP contribution in [0.4, 0.5) is 0 Å². The minimum absolute atomic E-state index is 0. The van der Waals surface area contributed by atoms with Crippen molar-refractivity contribution in [2.24, 2.45) is 0 Å². The molecule has 2 rings (SSSR count). The van der Waals surface area contributed by atoms with Gasteiger partial charge in [0.05, 0.1) is 5.69 Å². The van der Waals surface area contributed by atoms with E-state index in [0.717, 1.165) is 11.4 Å². The van der Waals surface area contributed by atoms with Crippen molar-refractivity contribution in [2.45, 2.75) is 20.8 Å². The fourth-order valence-corrected chi connectivity index (χ4v) is 1.33. The van der Waals surface area contributed by atoms with Crippen LogP contribution in [0.15, 0.2) is 6.07 Å². The zero-order valence-corrected chi connectivity index (χ0v) is 9.62. The maximum absolute atomic E-state index is 5.74. The monoisotopic (exact) mass is 228 g/mol. The number of hydrogen-bond acceptors (Lipinski definition) is 4. The maximum Gasteiger partial charge on any atom is 0.270 e. The predicted molar refractivity (Wildman–Crippen MR) is 58.8 cm³/mol. The van der Waals surface area contributed by atoms with Gasteiger partial charge in [-0.2, -0.15) is 5.10 Å². The van der Waals surface area contributed by atoms with E-state index in [1.165, 1.54) is 4.68 Å². The molecule has 0 amide bonds. The fourth-order valence-electron chi connectivity index (χ4n) is 1.33. The molecule has 2 aromatic rings. The third-order valence-corrected chi connectivity index (χ3v) is 2.05. The molecule has 0 aliphatic carbocycles. The minimum atomic E-state index is 0. The summed E-state index contributed by atoms with van der Waals surface area (Å²) < 4.78 is 3.09. The topological polar surface area (TPSA) is 74.5 Å². The van der Waals surface area contributed by atoms with Crippen LogP contribution in [0.3, 0.4) is 0 Å². The number of nitrogen functional groups attached to an aromatic ring is 1. The van der Waals surface area contributed by atoms with Crippen LogP contribution >= 0.6 is 12.4 Å². The summed E-state index contributed by atoms with van der Waals surface area (Å²) in [5.41, 5.74) is 1.92. The Balaban J connectivity index is 0.00000112. The second-order valence-corrected chi connectivity index (χ2v) is 3.26. The van der Waals surface area contributed by atoms with Crippen molar-refractivity contribution in [3.8, 4) is 5.95 Å². The molecule has 0 bridgehead atoms. The summed E-state index contributed by atoms with van der Waals surface area (Å²) in [6.07, 6.45) is 0. The normalized spacial score (nSPS) is 10.1. The van der Waals surface area contributed by atoms with Gasteiger partial charge in [0.1, 0.15) is 0 Å². The van der Waals surface area contributed by atoms with E-state index in [4.69, 9.17) is 5.84 Å². The van der Waals surface area contributed by atoms with Gasteiger partial charge in [0.25, 0.3) is 5.95 Å². The van der Waals surface area contributed by atoms with Gasteiger partial charge in [0, 0.05) is 5.69 Å². The summed E-state index contributed by atoms with van der Waals surface area (Å²) in [6, 6.07) is 1.96. The van der Waals surface area contributed by atoms with Crippen molar-refractivity contribution in [1.29, 1.82) is 0 Å². The lowest BCUT2D eigenvalue weighted by molar-refractivity contribution is 0.739. The molecule has 0 saturated carbocycles. The highest BCUT2D eigenvalue weighted by molar-refractivity contribution is 5.85. The Morgan fingerprint density at radius 1 is 1.20 bits per heavy atom. The number of aromatic nitrogens is 5. The van der Waals surface area contributed by atoms with Crippen molar-refractivity contribution in [2.75, 3.05) is 5.84 Å². The second-order valence-electron chi connectivity index (χ2n) is 3.26. The van der Waals surface area contributed by atoms with E-state index in [-0.39, 0.29) is 12.4 Å². The van der Waals surface area contributed by atoms with Crippen LogP contribution in [-0.4, -0.2) is 24.7 Å². The number of nitrogens with two attached hydrogens (primary N) is 1. The van der Waals surface area contributed by atoms with E-state index >= 15 is 0 Å². The predicted octanol–water partition coefficient (Wildman–Crippen LogP) is 0.525. The molecule has 7 heteroatoms. The van der Waals surface area contributed by atoms with E-state index in [1.54, 1.807) is 11.6 Å². The Morgan fingerprint density at radius 3 is 2.27 bits per heavy atom. The zero-order chi connectivity index (χ0) is 10.3. The lowest BCUT2D eigenvalue weighted by Gasteiger charge is -2.02. The molecule has 15 heavy (non-hydrogen) atoms. The Labute approximate surface area is 93.5 Å². The largest absolute Gasteiger partial charge is 0.335 e. The van der Waals surface area contributed by atoms with Gasteiger partial charge in [0.2, 0.25) is 0 Å². The van der Waals surface area contributed by atoms with Crippen molar-refractivity contribution in [3.05, 3.63) is 23.3 Å². The molecule has 0 unspecified atom stereocenters. The number of halogens is 1. The van der Waals surface area contributed by atoms with Gasteiger partial charge in [-0.3, -0.25) is 0 Å².